The van der Waals surface area contributed by atoms with Crippen LogP contribution < -0.4 is 5.32 Å². The normalized spacial score (nSPS) is 10.8. The molecule has 0 atom stereocenters. The highest BCUT2D eigenvalue weighted by molar-refractivity contribution is 6.03. The third kappa shape index (κ3) is 3.32. The van der Waals surface area contributed by atoms with E-state index < -0.39 is 0 Å². The zero-order valence-electron chi connectivity index (χ0n) is 13.9. The Morgan fingerprint density at radius 2 is 1.73 bits per heavy atom. The minimum absolute atomic E-state index is 0.319. The van der Waals surface area contributed by atoms with Crippen LogP contribution in [0.1, 0.15) is 15.9 Å². The van der Waals surface area contributed by atoms with Crippen molar-refractivity contribution in [3.8, 4) is 0 Å². The molecule has 26 heavy (non-hydrogen) atoms. The van der Waals surface area contributed by atoms with Gasteiger partial charge in [0.15, 0.2) is 5.82 Å². The molecular weight excluding hydrogens is 329 g/mol. The number of hydrogen-bond acceptors (Lipinski definition) is 2. The van der Waals surface area contributed by atoms with Gasteiger partial charge in [0, 0.05) is 17.8 Å². The lowest BCUT2D eigenvalue weighted by Gasteiger charge is -2.07. The maximum absolute atomic E-state index is 13.0. The average molecular weight is 345 g/mol. The summed E-state index contributed by atoms with van der Waals surface area (Å²) in [6.07, 6.45) is 1.82. The summed E-state index contributed by atoms with van der Waals surface area (Å²) in [6, 6.07) is 21.5. The molecule has 0 saturated carbocycles. The first-order valence-corrected chi connectivity index (χ1v) is 8.26. The molecule has 1 aromatic heterocycles. The van der Waals surface area contributed by atoms with Gasteiger partial charge in [-0.05, 0) is 40.6 Å². The van der Waals surface area contributed by atoms with Crippen molar-refractivity contribution in [2.75, 3.05) is 5.32 Å². The van der Waals surface area contributed by atoms with Crippen LogP contribution >= 0.6 is 0 Å². The molecule has 0 aliphatic carbocycles. The number of halogens is 1. The second-order valence-corrected chi connectivity index (χ2v) is 6.00. The molecular formula is C21H16FN3O. The van der Waals surface area contributed by atoms with E-state index >= 15 is 0 Å². The van der Waals surface area contributed by atoms with Gasteiger partial charge < -0.3 is 5.32 Å². The van der Waals surface area contributed by atoms with Gasteiger partial charge in [-0.15, -0.1) is 0 Å². The van der Waals surface area contributed by atoms with E-state index in [9.17, 15) is 9.18 Å². The molecule has 4 nitrogen and oxygen atoms in total. The third-order valence-corrected chi connectivity index (χ3v) is 4.20. The highest BCUT2D eigenvalue weighted by Crippen LogP contribution is 2.19. The van der Waals surface area contributed by atoms with Gasteiger partial charge in [0.05, 0.1) is 6.54 Å². The Labute approximate surface area is 149 Å². The second-order valence-electron chi connectivity index (χ2n) is 6.00. The van der Waals surface area contributed by atoms with E-state index in [1.165, 1.54) is 35.0 Å². The van der Waals surface area contributed by atoms with E-state index in [0.717, 1.165) is 5.56 Å². The molecule has 0 aliphatic rings. The van der Waals surface area contributed by atoms with Gasteiger partial charge in [0.1, 0.15) is 5.82 Å². The van der Waals surface area contributed by atoms with E-state index in [4.69, 9.17) is 0 Å². The molecule has 0 saturated heterocycles. The minimum Gasteiger partial charge on any atom is -0.305 e. The van der Waals surface area contributed by atoms with Crippen molar-refractivity contribution in [3.05, 3.63) is 95.9 Å². The summed E-state index contributed by atoms with van der Waals surface area (Å²) in [7, 11) is 0. The van der Waals surface area contributed by atoms with E-state index in [-0.39, 0.29) is 11.7 Å². The number of benzene rings is 3. The predicted octanol–water partition coefficient (Wildman–Crippen LogP) is 4.48. The molecule has 0 aliphatic heterocycles. The molecule has 0 unspecified atom stereocenters. The van der Waals surface area contributed by atoms with Crippen LogP contribution in [0.3, 0.4) is 0 Å². The smallest absolute Gasteiger partial charge is 0.256 e. The number of carbonyl (C=O) groups excluding carboxylic acids is 1. The number of nitrogens with zero attached hydrogens (tertiary/aromatic N) is 2. The van der Waals surface area contributed by atoms with E-state index in [1.54, 1.807) is 10.7 Å². The highest BCUT2D eigenvalue weighted by atomic mass is 19.1. The van der Waals surface area contributed by atoms with Crippen LogP contribution in [0.5, 0.6) is 0 Å². The van der Waals surface area contributed by atoms with Crippen molar-refractivity contribution < 1.29 is 9.18 Å². The van der Waals surface area contributed by atoms with E-state index in [1.807, 2.05) is 24.4 Å². The van der Waals surface area contributed by atoms with Crippen LogP contribution in [0.15, 0.2) is 79.0 Å². The van der Waals surface area contributed by atoms with Crippen molar-refractivity contribution in [3.63, 3.8) is 0 Å². The molecule has 3 aromatic carbocycles. The van der Waals surface area contributed by atoms with Gasteiger partial charge in [-0.3, -0.25) is 9.48 Å². The first-order chi connectivity index (χ1) is 12.7. The molecule has 4 aromatic rings. The maximum atomic E-state index is 13.0. The first kappa shape index (κ1) is 16.0. The zero-order valence-corrected chi connectivity index (χ0v) is 13.9. The topological polar surface area (TPSA) is 46.9 Å². The summed E-state index contributed by atoms with van der Waals surface area (Å²) >= 11 is 0. The quantitative estimate of drug-likeness (QED) is 0.593. The van der Waals surface area contributed by atoms with Gasteiger partial charge in [0.2, 0.25) is 0 Å². The summed E-state index contributed by atoms with van der Waals surface area (Å²) in [5.41, 5.74) is 1.54. The Balaban J connectivity index is 1.51. The van der Waals surface area contributed by atoms with Crippen LogP contribution in [-0.2, 0) is 6.54 Å². The van der Waals surface area contributed by atoms with Crippen LogP contribution in [-0.4, -0.2) is 15.7 Å². The van der Waals surface area contributed by atoms with Crippen molar-refractivity contribution >= 4 is 22.5 Å². The summed E-state index contributed by atoms with van der Waals surface area (Å²) < 4.78 is 14.7. The molecule has 5 heteroatoms. The number of hydrogen-bond donors (Lipinski definition) is 1. The molecule has 0 radical (unpaired) electrons. The fourth-order valence-corrected chi connectivity index (χ4v) is 2.91. The van der Waals surface area contributed by atoms with Gasteiger partial charge >= 0.3 is 0 Å². The fraction of sp³-hybridized carbons (Fsp3) is 0.0476. The van der Waals surface area contributed by atoms with Gasteiger partial charge in [-0.1, -0.05) is 42.5 Å². The Morgan fingerprint density at radius 3 is 2.58 bits per heavy atom. The van der Waals surface area contributed by atoms with Gasteiger partial charge in [0.25, 0.3) is 5.91 Å². The number of rotatable bonds is 4. The monoisotopic (exact) mass is 345 g/mol. The van der Waals surface area contributed by atoms with Crippen LogP contribution in [0.4, 0.5) is 10.2 Å². The number of fused-ring (bicyclic) bond motifs is 1. The number of carbonyl (C=O) groups is 1. The van der Waals surface area contributed by atoms with Crippen molar-refractivity contribution in [2.24, 2.45) is 0 Å². The molecule has 0 spiro atoms. The van der Waals surface area contributed by atoms with Crippen LogP contribution in [0, 0.1) is 5.82 Å². The zero-order chi connectivity index (χ0) is 17.9. The predicted molar refractivity (Wildman–Crippen MR) is 99.6 cm³/mol. The number of anilines is 1. The molecule has 1 heterocycles. The summed E-state index contributed by atoms with van der Waals surface area (Å²) in [5.74, 6) is -0.235. The lowest BCUT2D eigenvalue weighted by Crippen LogP contribution is -2.12. The van der Waals surface area contributed by atoms with Gasteiger partial charge in [-0.25, -0.2) is 4.39 Å². The standard InChI is InChI=1S/C21H16FN3O/c22-18-10-8-16(9-11-18)21(26)23-20-12-13-25(24-20)14-17-6-3-5-15-4-1-2-7-19(15)17/h1-13H,14H2,(H,23,24,26). The van der Waals surface area contributed by atoms with E-state index in [2.05, 4.69) is 34.7 Å². The van der Waals surface area contributed by atoms with Crippen molar-refractivity contribution in [1.29, 1.82) is 0 Å². The highest BCUT2D eigenvalue weighted by Gasteiger charge is 2.09. The van der Waals surface area contributed by atoms with Crippen molar-refractivity contribution in [1.82, 2.24) is 9.78 Å². The van der Waals surface area contributed by atoms with E-state index in [0.29, 0.717) is 17.9 Å². The summed E-state index contributed by atoms with van der Waals surface area (Å²) in [5, 5.41) is 9.50. The Bertz CT molecular complexity index is 1060. The number of nitrogens with one attached hydrogen (secondary N) is 1. The SMILES string of the molecule is O=C(Nc1ccn(Cc2cccc3ccccc23)n1)c1ccc(F)cc1. The minimum atomic E-state index is -0.374. The summed E-state index contributed by atoms with van der Waals surface area (Å²) in [4.78, 5) is 12.2. The van der Waals surface area contributed by atoms with Crippen LogP contribution in [0.25, 0.3) is 10.8 Å². The number of aromatic nitrogens is 2. The van der Waals surface area contributed by atoms with Gasteiger partial charge in [-0.2, -0.15) is 5.10 Å². The van der Waals surface area contributed by atoms with Crippen LogP contribution in [0.2, 0.25) is 0 Å². The molecule has 128 valence electrons. The largest absolute Gasteiger partial charge is 0.305 e. The lowest BCUT2D eigenvalue weighted by molar-refractivity contribution is 0.102. The Hall–Kier alpha value is -3.47. The third-order valence-electron chi connectivity index (χ3n) is 4.20. The molecule has 0 fully saturated rings. The Kier molecular flexibility index (Phi) is 4.19. The van der Waals surface area contributed by atoms with Crippen molar-refractivity contribution in [2.45, 2.75) is 6.54 Å². The molecule has 4 rings (SSSR count). The molecule has 0 bridgehead atoms. The maximum Gasteiger partial charge on any atom is 0.256 e. The molecule has 1 N–H and O–H groups in total. The average Bonchev–Trinajstić information content (AvgIpc) is 3.09. The summed E-state index contributed by atoms with van der Waals surface area (Å²) in [6.45, 7) is 0.605. The second kappa shape index (κ2) is 6.80. The number of amides is 1. The lowest BCUT2D eigenvalue weighted by atomic mass is 10.0. The first-order valence-electron chi connectivity index (χ1n) is 8.26. The fourth-order valence-electron chi connectivity index (χ4n) is 2.91. The Morgan fingerprint density at radius 1 is 0.962 bits per heavy atom. The molecule has 1 amide bonds.